The van der Waals surface area contributed by atoms with Crippen LogP contribution in [0, 0.1) is 5.92 Å². The molecule has 0 aromatic carbocycles. The lowest BCUT2D eigenvalue weighted by Crippen LogP contribution is -2.21. The summed E-state index contributed by atoms with van der Waals surface area (Å²) >= 11 is 0. The third kappa shape index (κ3) is 2.32. The van der Waals surface area contributed by atoms with E-state index in [1.807, 2.05) is 0 Å². The standard InChI is InChI=1S/C11H14N2O2/c14-10-3-1-2-9(10)4-6-13-7-5-12-8-11(13)15/h5,7-9H,1-4,6H2. The molecule has 0 bridgehead atoms. The van der Waals surface area contributed by atoms with Gasteiger partial charge in [0.2, 0.25) is 0 Å². The van der Waals surface area contributed by atoms with Crippen molar-refractivity contribution in [3.63, 3.8) is 0 Å². The number of hydrogen-bond donors (Lipinski definition) is 0. The first-order valence-corrected chi connectivity index (χ1v) is 5.30. The van der Waals surface area contributed by atoms with Crippen LogP contribution in [-0.4, -0.2) is 15.3 Å². The van der Waals surface area contributed by atoms with Crippen molar-refractivity contribution in [2.45, 2.75) is 32.2 Å². The van der Waals surface area contributed by atoms with Gasteiger partial charge in [-0.25, -0.2) is 0 Å². The van der Waals surface area contributed by atoms with E-state index >= 15 is 0 Å². The number of Topliss-reactive ketones (excluding diaryl/α,β-unsaturated/α-hetero) is 1. The Labute approximate surface area is 88.0 Å². The number of carbonyl (C=O) groups is 1. The van der Waals surface area contributed by atoms with Crippen molar-refractivity contribution in [3.8, 4) is 0 Å². The normalized spacial score (nSPS) is 20.8. The second-order valence-corrected chi connectivity index (χ2v) is 3.95. The van der Waals surface area contributed by atoms with Gasteiger partial charge in [0, 0.05) is 31.3 Å². The summed E-state index contributed by atoms with van der Waals surface area (Å²) in [6.07, 6.45) is 8.06. The number of ketones is 1. The molecule has 0 saturated heterocycles. The summed E-state index contributed by atoms with van der Waals surface area (Å²) in [5.41, 5.74) is -0.0945. The predicted molar refractivity (Wildman–Crippen MR) is 55.5 cm³/mol. The van der Waals surface area contributed by atoms with Crippen molar-refractivity contribution in [2.24, 2.45) is 5.92 Å². The highest BCUT2D eigenvalue weighted by atomic mass is 16.1. The lowest BCUT2D eigenvalue weighted by molar-refractivity contribution is -0.120. The van der Waals surface area contributed by atoms with Crippen LogP contribution < -0.4 is 5.56 Å². The molecule has 0 N–H and O–H groups in total. The average Bonchev–Trinajstić information content (AvgIpc) is 2.63. The quantitative estimate of drug-likeness (QED) is 0.741. The Kier molecular flexibility index (Phi) is 2.94. The minimum absolute atomic E-state index is 0.0945. The van der Waals surface area contributed by atoms with Crippen molar-refractivity contribution < 1.29 is 4.79 Å². The first-order chi connectivity index (χ1) is 7.27. The Morgan fingerprint density at radius 3 is 3.00 bits per heavy atom. The van der Waals surface area contributed by atoms with Crippen LogP contribution in [-0.2, 0) is 11.3 Å². The van der Waals surface area contributed by atoms with Gasteiger partial charge in [0.25, 0.3) is 5.56 Å². The summed E-state index contributed by atoms with van der Waals surface area (Å²) in [7, 11) is 0. The van der Waals surface area contributed by atoms with E-state index in [0.29, 0.717) is 12.3 Å². The van der Waals surface area contributed by atoms with Crippen LogP contribution in [0.4, 0.5) is 0 Å². The van der Waals surface area contributed by atoms with Gasteiger partial charge >= 0.3 is 0 Å². The monoisotopic (exact) mass is 206 g/mol. The highest BCUT2D eigenvalue weighted by Crippen LogP contribution is 2.24. The molecule has 0 amide bonds. The van der Waals surface area contributed by atoms with Gasteiger partial charge in [0.1, 0.15) is 5.78 Å². The Bertz CT molecular complexity index is 411. The van der Waals surface area contributed by atoms with Gasteiger partial charge in [-0.15, -0.1) is 0 Å². The van der Waals surface area contributed by atoms with Crippen molar-refractivity contribution in [2.75, 3.05) is 0 Å². The Morgan fingerprint density at radius 2 is 2.33 bits per heavy atom. The van der Waals surface area contributed by atoms with Gasteiger partial charge in [-0.3, -0.25) is 14.6 Å². The molecule has 0 spiro atoms. The fourth-order valence-electron chi connectivity index (χ4n) is 2.05. The first-order valence-electron chi connectivity index (χ1n) is 5.30. The molecular formula is C11H14N2O2. The summed E-state index contributed by atoms with van der Waals surface area (Å²) in [6.45, 7) is 0.623. The van der Waals surface area contributed by atoms with Crippen molar-refractivity contribution >= 4 is 5.78 Å². The van der Waals surface area contributed by atoms with Crippen LogP contribution in [0.3, 0.4) is 0 Å². The average molecular weight is 206 g/mol. The minimum Gasteiger partial charge on any atom is -0.313 e. The van der Waals surface area contributed by atoms with Gasteiger partial charge in [-0.1, -0.05) is 0 Å². The van der Waals surface area contributed by atoms with Gasteiger partial charge < -0.3 is 4.57 Å². The Morgan fingerprint density at radius 1 is 1.47 bits per heavy atom. The lowest BCUT2D eigenvalue weighted by Gasteiger charge is -2.08. The van der Waals surface area contributed by atoms with Crippen molar-refractivity contribution in [3.05, 3.63) is 28.9 Å². The maximum atomic E-state index is 11.4. The summed E-state index contributed by atoms with van der Waals surface area (Å²) in [6, 6.07) is 0. The zero-order valence-corrected chi connectivity index (χ0v) is 8.56. The lowest BCUT2D eigenvalue weighted by atomic mass is 10.0. The number of carbonyl (C=O) groups excluding carboxylic acids is 1. The highest BCUT2D eigenvalue weighted by Gasteiger charge is 2.23. The van der Waals surface area contributed by atoms with Crippen LogP contribution in [0.5, 0.6) is 0 Å². The molecule has 1 fully saturated rings. The second-order valence-electron chi connectivity index (χ2n) is 3.95. The number of nitrogens with zero attached hydrogens (tertiary/aromatic N) is 2. The van der Waals surface area contributed by atoms with E-state index in [1.165, 1.54) is 6.20 Å². The third-order valence-electron chi connectivity index (χ3n) is 2.95. The molecule has 4 nitrogen and oxygen atoms in total. The van der Waals surface area contributed by atoms with Crippen LogP contribution in [0.15, 0.2) is 23.4 Å². The Balaban J connectivity index is 1.96. The third-order valence-corrected chi connectivity index (χ3v) is 2.95. The predicted octanol–water partition coefficient (Wildman–Crippen LogP) is 1.00. The molecule has 2 rings (SSSR count). The maximum absolute atomic E-state index is 11.4. The van der Waals surface area contributed by atoms with Crippen LogP contribution in [0.25, 0.3) is 0 Å². The van der Waals surface area contributed by atoms with Crippen molar-refractivity contribution in [1.82, 2.24) is 9.55 Å². The maximum Gasteiger partial charge on any atom is 0.268 e. The number of rotatable bonds is 3. The smallest absolute Gasteiger partial charge is 0.268 e. The molecule has 1 saturated carbocycles. The van der Waals surface area contributed by atoms with E-state index < -0.39 is 0 Å². The molecule has 15 heavy (non-hydrogen) atoms. The van der Waals surface area contributed by atoms with E-state index in [9.17, 15) is 9.59 Å². The fourth-order valence-corrected chi connectivity index (χ4v) is 2.05. The number of aromatic nitrogens is 2. The SMILES string of the molecule is O=C1CCCC1CCn1ccncc1=O. The summed E-state index contributed by atoms with van der Waals surface area (Å²) < 4.78 is 1.61. The molecule has 80 valence electrons. The molecule has 4 heteroatoms. The summed E-state index contributed by atoms with van der Waals surface area (Å²) in [5, 5.41) is 0. The van der Waals surface area contributed by atoms with Gasteiger partial charge in [0.15, 0.2) is 0 Å². The molecule has 0 radical (unpaired) electrons. The molecule has 1 heterocycles. The van der Waals surface area contributed by atoms with Gasteiger partial charge in [-0.2, -0.15) is 0 Å². The van der Waals surface area contributed by atoms with Gasteiger partial charge in [0.05, 0.1) is 6.20 Å². The zero-order chi connectivity index (χ0) is 10.7. The molecule has 1 atom stereocenters. The largest absolute Gasteiger partial charge is 0.313 e. The number of aryl methyl sites for hydroxylation is 1. The fraction of sp³-hybridized carbons (Fsp3) is 0.545. The van der Waals surface area contributed by atoms with E-state index in [2.05, 4.69) is 4.98 Å². The first kappa shape index (κ1) is 10.1. The molecule has 0 aliphatic heterocycles. The van der Waals surface area contributed by atoms with Crippen LogP contribution in [0.1, 0.15) is 25.7 Å². The zero-order valence-electron chi connectivity index (χ0n) is 8.56. The summed E-state index contributed by atoms with van der Waals surface area (Å²) in [4.78, 5) is 26.4. The van der Waals surface area contributed by atoms with E-state index in [1.54, 1.807) is 17.0 Å². The molecule has 1 aromatic heterocycles. The van der Waals surface area contributed by atoms with Crippen LogP contribution in [0.2, 0.25) is 0 Å². The summed E-state index contributed by atoms with van der Waals surface area (Å²) in [5.74, 6) is 0.530. The van der Waals surface area contributed by atoms with E-state index in [4.69, 9.17) is 0 Å². The minimum atomic E-state index is -0.0945. The molecule has 1 aliphatic rings. The molecule has 1 aromatic rings. The Hall–Kier alpha value is -1.45. The van der Waals surface area contributed by atoms with E-state index in [-0.39, 0.29) is 11.5 Å². The van der Waals surface area contributed by atoms with Crippen molar-refractivity contribution in [1.29, 1.82) is 0 Å². The van der Waals surface area contributed by atoms with Gasteiger partial charge in [-0.05, 0) is 19.3 Å². The molecule has 1 aliphatic carbocycles. The van der Waals surface area contributed by atoms with E-state index in [0.717, 1.165) is 25.7 Å². The number of hydrogen-bond acceptors (Lipinski definition) is 3. The highest BCUT2D eigenvalue weighted by molar-refractivity contribution is 5.82. The second kappa shape index (κ2) is 4.38. The molecular weight excluding hydrogens is 192 g/mol. The topological polar surface area (TPSA) is 52.0 Å². The van der Waals surface area contributed by atoms with Crippen LogP contribution >= 0.6 is 0 Å². The molecule has 1 unspecified atom stereocenters.